The van der Waals surface area contributed by atoms with Gasteiger partial charge in [-0.15, -0.1) is 0 Å². The van der Waals surface area contributed by atoms with Crippen LogP contribution >= 0.6 is 11.6 Å². The number of carbonyl (C=O) groups is 3. The summed E-state index contributed by atoms with van der Waals surface area (Å²) in [6.45, 7) is 7.18. The molecule has 0 heterocycles. The number of benzene rings is 2. The third-order valence-corrected chi connectivity index (χ3v) is 5.15. The highest BCUT2D eigenvalue weighted by molar-refractivity contribution is 6.46. The molecular weight excluding hydrogens is 490 g/mol. The average molecular weight is 516 g/mol. The van der Waals surface area contributed by atoms with E-state index in [1.165, 1.54) is 12.1 Å². The molecule has 0 aromatic heterocycles. The number of rotatable bonds is 9. The van der Waals surface area contributed by atoms with Gasteiger partial charge in [0.2, 0.25) is 11.6 Å². The van der Waals surface area contributed by atoms with E-state index in [2.05, 4.69) is 20.6 Å². The van der Waals surface area contributed by atoms with E-state index in [9.17, 15) is 19.5 Å². The van der Waals surface area contributed by atoms with Crippen LogP contribution in [0.4, 0.5) is 16.2 Å². The summed E-state index contributed by atoms with van der Waals surface area (Å²) in [5, 5.41) is 27.9. The van der Waals surface area contributed by atoms with Crippen LogP contribution in [-0.4, -0.2) is 35.3 Å². The topological polar surface area (TPSA) is 162 Å². The Morgan fingerprint density at radius 1 is 1.22 bits per heavy atom. The van der Waals surface area contributed by atoms with E-state index in [-0.39, 0.29) is 40.6 Å². The lowest BCUT2D eigenvalue weighted by atomic mass is 10.1. The summed E-state index contributed by atoms with van der Waals surface area (Å²) in [6, 6.07) is 9.10. The number of nitriles is 1. The first-order valence-electron chi connectivity index (χ1n) is 10.9. The van der Waals surface area contributed by atoms with E-state index in [0.717, 1.165) is 12.0 Å². The van der Waals surface area contributed by atoms with E-state index in [1.807, 2.05) is 19.2 Å². The van der Waals surface area contributed by atoms with Crippen molar-refractivity contribution in [2.75, 3.05) is 17.3 Å². The van der Waals surface area contributed by atoms with Crippen LogP contribution in [0.1, 0.15) is 32.8 Å². The quantitative estimate of drug-likeness (QED) is 0.276. The first-order valence-corrected chi connectivity index (χ1v) is 11.3. The molecule has 0 aliphatic rings. The predicted octanol–water partition coefficient (Wildman–Crippen LogP) is 4.70. The van der Waals surface area contributed by atoms with Crippen molar-refractivity contribution in [1.82, 2.24) is 5.32 Å². The Bertz CT molecular complexity index is 1200. The van der Waals surface area contributed by atoms with Gasteiger partial charge < -0.3 is 19.9 Å². The first kappa shape index (κ1) is 27.9. The fourth-order valence-corrected chi connectivity index (χ4v) is 2.96. The van der Waals surface area contributed by atoms with Crippen LogP contribution in [0.2, 0.25) is 5.02 Å². The van der Waals surface area contributed by atoms with Crippen molar-refractivity contribution in [3.8, 4) is 23.3 Å². The zero-order valence-corrected chi connectivity index (χ0v) is 20.9. The maximum absolute atomic E-state index is 12.1. The van der Waals surface area contributed by atoms with Crippen molar-refractivity contribution in [2.45, 2.75) is 34.1 Å². The lowest BCUT2D eigenvalue weighted by Crippen LogP contribution is -2.36. The summed E-state index contributed by atoms with van der Waals surface area (Å²) >= 11 is 6.25. The maximum atomic E-state index is 12.1. The molecule has 2 rings (SSSR count). The fraction of sp³-hybridized carbons (Fsp3) is 0.292. The largest absolute Gasteiger partial charge is 0.504 e. The second-order valence-corrected chi connectivity index (χ2v) is 7.95. The molecule has 0 aliphatic heterocycles. The highest BCUT2D eigenvalue weighted by Crippen LogP contribution is 2.40. The fourth-order valence-electron chi connectivity index (χ4n) is 2.71. The second kappa shape index (κ2) is 13.0. The number of aryl methyl sites for hydroxylation is 1. The summed E-state index contributed by atoms with van der Waals surface area (Å²) in [5.74, 6) is -1.29. The molecule has 0 spiro atoms. The number of carbonyl (C=O) groups excluding carboxylic acids is 3. The van der Waals surface area contributed by atoms with Gasteiger partial charge in [0.1, 0.15) is 11.8 Å². The Labute approximate surface area is 213 Å². The lowest BCUT2D eigenvalue weighted by molar-refractivity contribution is -0.119. The molecule has 0 saturated carbocycles. The Hall–Kier alpha value is -4.30. The number of hydrogen-bond acceptors (Lipinski definition) is 9. The summed E-state index contributed by atoms with van der Waals surface area (Å²) < 4.78 is 10.3. The molecule has 4 N–H and O–H groups in total. The standard InChI is InChI=1S/C24H26ClN5O6/c1-5-13(3)22(32)27-18-8-7-16(9-14(18)4)36-21-17(25)10-15(11-20(21)31)29-30-19(12-26)23(33)28-24(34)35-6-2/h7-11,13,29,31H,5-6H2,1-4H3,(H,27,32)(H,28,33,34)/b30-19+. The number of halogens is 1. The minimum Gasteiger partial charge on any atom is -0.504 e. The Morgan fingerprint density at radius 3 is 2.53 bits per heavy atom. The third-order valence-electron chi connectivity index (χ3n) is 4.87. The van der Waals surface area contributed by atoms with E-state index < -0.39 is 17.7 Å². The van der Waals surface area contributed by atoms with Crippen LogP contribution in [0.5, 0.6) is 17.2 Å². The van der Waals surface area contributed by atoms with Gasteiger partial charge >= 0.3 is 6.09 Å². The number of ether oxygens (including phenoxy) is 2. The normalized spacial score (nSPS) is 11.6. The van der Waals surface area contributed by atoms with E-state index >= 15 is 0 Å². The van der Waals surface area contributed by atoms with Gasteiger partial charge in [0.15, 0.2) is 11.5 Å². The van der Waals surface area contributed by atoms with Gasteiger partial charge in [0.25, 0.3) is 5.91 Å². The number of alkyl carbamates (subject to hydrolysis) is 1. The zero-order chi connectivity index (χ0) is 26.8. The molecule has 3 amide bonds. The van der Waals surface area contributed by atoms with Crippen molar-refractivity contribution in [2.24, 2.45) is 11.0 Å². The van der Waals surface area contributed by atoms with Gasteiger partial charge in [-0.1, -0.05) is 25.4 Å². The van der Waals surface area contributed by atoms with Gasteiger partial charge in [-0.2, -0.15) is 10.4 Å². The summed E-state index contributed by atoms with van der Waals surface area (Å²) in [5.41, 5.74) is 3.28. The van der Waals surface area contributed by atoms with Crippen molar-refractivity contribution < 1.29 is 29.0 Å². The van der Waals surface area contributed by atoms with Crippen molar-refractivity contribution in [3.63, 3.8) is 0 Å². The van der Waals surface area contributed by atoms with Gasteiger partial charge in [-0.05, 0) is 50.1 Å². The second-order valence-electron chi connectivity index (χ2n) is 7.54. The van der Waals surface area contributed by atoms with Crippen molar-refractivity contribution >= 4 is 46.6 Å². The predicted molar refractivity (Wildman–Crippen MR) is 134 cm³/mol. The molecule has 0 fully saturated rings. The Balaban J connectivity index is 2.15. The third kappa shape index (κ3) is 7.61. The highest BCUT2D eigenvalue weighted by atomic mass is 35.5. The molecule has 0 aliphatic carbocycles. The van der Waals surface area contributed by atoms with Gasteiger partial charge in [0, 0.05) is 17.7 Å². The van der Waals surface area contributed by atoms with Crippen LogP contribution in [0, 0.1) is 24.2 Å². The number of phenolic OH excluding ortho intramolecular Hbond substituents is 1. The highest BCUT2D eigenvalue weighted by Gasteiger charge is 2.17. The minimum atomic E-state index is -1.07. The molecule has 0 radical (unpaired) electrons. The molecule has 2 aromatic carbocycles. The van der Waals surface area contributed by atoms with Crippen LogP contribution < -0.4 is 20.8 Å². The van der Waals surface area contributed by atoms with Crippen LogP contribution in [-0.2, 0) is 14.3 Å². The summed E-state index contributed by atoms with van der Waals surface area (Å²) in [4.78, 5) is 35.4. The Morgan fingerprint density at radius 2 is 1.94 bits per heavy atom. The lowest BCUT2D eigenvalue weighted by Gasteiger charge is -2.15. The molecule has 1 atom stereocenters. The van der Waals surface area contributed by atoms with Gasteiger partial charge in [0.05, 0.1) is 17.3 Å². The number of hydrazone groups is 1. The van der Waals surface area contributed by atoms with Crippen LogP contribution in [0.25, 0.3) is 0 Å². The minimum absolute atomic E-state index is 0.00832. The summed E-state index contributed by atoms with van der Waals surface area (Å²) in [6.07, 6.45) is -0.299. The number of nitrogens with one attached hydrogen (secondary N) is 3. The monoisotopic (exact) mass is 515 g/mol. The number of amides is 3. The number of aromatic hydroxyl groups is 1. The van der Waals surface area contributed by atoms with Crippen molar-refractivity contribution in [3.05, 3.63) is 40.9 Å². The molecular formula is C24H26ClN5O6. The molecule has 0 bridgehead atoms. The number of hydrogen-bond donors (Lipinski definition) is 4. The Kier molecular flexibility index (Phi) is 10.1. The zero-order valence-electron chi connectivity index (χ0n) is 20.1. The molecule has 12 heteroatoms. The number of nitrogens with zero attached hydrogens (tertiary/aromatic N) is 2. The summed E-state index contributed by atoms with van der Waals surface area (Å²) in [7, 11) is 0. The van der Waals surface area contributed by atoms with Gasteiger partial charge in [-0.25, -0.2) is 4.79 Å². The average Bonchev–Trinajstić information content (AvgIpc) is 2.82. The smallest absolute Gasteiger partial charge is 0.414 e. The molecule has 2 aromatic rings. The van der Waals surface area contributed by atoms with E-state index in [1.54, 1.807) is 38.1 Å². The van der Waals surface area contributed by atoms with E-state index in [4.69, 9.17) is 21.6 Å². The molecule has 190 valence electrons. The molecule has 1 unspecified atom stereocenters. The molecule has 11 nitrogen and oxygen atoms in total. The SMILES string of the molecule is CCOC(=O)NC(=O)/C(C#N)=N/Nc1cc(O)c(Oc2ccc(NC(=O)C(C)CC)c(C)c2)c(Cl)c1. The van der Waals surface area contributed by atoms with Gasteiger partial charge in [-0.3, -0.25) is 20.3 Å². The van der Waals surface area contributed by atoms with Crippen LogP contribution in [0.3, 0.4) is 0 Å². The number of phenols is 1. The van der Waals surface area contributed by atoms with Crippen molar-refractivity contribution in [1.29, 1.82) is 5.26 Å². The van der Waals surface area contributed by atoms with E-state index in [0.29, 0.717) is 11.4 Å². The first-order chi connectivity index (χ1) is 17.1. The maximum Gasteiger partial charge on any atom is 0.414 e. The molecule has 0 saturated heterocycles. The number of imide groups is 1. The van der Waals surface area contributed by atoms with Crippen LogP contribution in [0.15, 0.2) is 35.4 Å². The number of anilines is 2. The molecule has 36 heavy (non-hydrogen) atoms.